The van der Waals surface area contributed by atoms with Crippen LogP contribution < -0.4 is 11.1 Å². The van der Waals surface area contributed by atoms with Crippen molar-refractivity contribution in [2.24, 2.45) is 11.1 Å². The predicted octanol–water partition coefficient (Wildman–Crippen LogP) is 2.27. The van der Waals surface area contributed by atoms with Crippen molar-refractivity contribution in [3.63, 3.8) is 0 Å². The molecule has 2 fully saturated rings. The number of nitrogens with two attached hydrogens (primary N) is 1. The number of nitrogens with zero attached hydrogens (tertiary/aromatic N) is 1. The van der Waals surface area contributed by atoms with Crippen molar-refractivity contribution < 1.29 is 4.79 Å². The zero-order chi connectivity index (χ0) is 15.5. The summed E-state index contributed by atoms with van der Waals surface area (Å²) in [7, 11) is 0. The van der Waals surface area contributed by atoms with Crippen LogP contribution in [0, 0.1) is 5.41 Å². The zero-order valence-corrected chi connectivity index (χ0v) is 14.1. The van der Waals surface area contributed by atoms with Gasteiger partial charge in [-0.25, -0.2) is 0 Å². The first-order valence-electron chi connectivity index (χ1n) is 8.61. The predicted molar refractivity (Wildman–Crippen MR) is 87.1 cm³/mol. The van der Waals surface area contributed by atoms with Gasteiger partial charge in [0.05, 0.1) is 5.54 Å². The van der Waals surface area contributed by atoms with Crippen molar-refractivity contribution in [1.29, 1.82) is 0 Å². The quantitative estimate of drug-likeness (QED) is 0.675. The van der Waals surface area contributed by atoms with Gasteiger partial charge in [0.1, 0.15) is 0 Å². The van der Waals surface area contributed by atoms with Gasteiger partial charge in [0, 0.05) is 6.04 Å². The van der Waals surface area contributed by atoms with E-state index in [1.807, 2.05) is 6.92 Å². The van der Waals surface area contributed by atoms with Crippen molar-refractivity contribution in [2.75, 3.05) is 19.6 Å². The van der Waals surface area contributed by atoms with Crippen molar-refractivity contribution in [2.45, 2.75) is 77.3 Å². The van der Waals surface area contributed by atoms with Crippen LogP contribution in [0.2, 0.25) is 0 Å². The first kappa shape index (κ1) is 16.8. The van der Waals surface area contributed by atoms with Gasteiger partial charge in [-0.1, -0.05) is 13.8 Å². The Morgan fingerprint density at radius 3 is 2.43 bits per heavy atom. The molecule has 1 amide bonds. The lowest BCUT2D eigenvalue weighted by atomic mass is 9.82. The molecule has 4 nitrogen and oxygen atoms in total. The minimum absolute atomic E-state index is 0.200. The Hall–Kier alpha value is -0.610. The molecule has 0 radical (unpaired) electrons. The largest absolute Gasteiger partial charge is 0.368 e. The van der Waals surface area contributed by atoms with Gasteiger partial charge < -0.3 is 16.0 Å². The lowest BCUT2D eigenvalue weighted by Gasteiger charge is -2.37. The Labute approximate surface area is 129 Å². The molecule has 1 atom stereocenters. The Kier molecular flexibility index (Phi) is 5.31. The number of hydrogen-bond donors (Lipinski definition) is 2. The number of carbonyl (C=O) groups excluding carboxylic acids is 1. The van der Waals surface area contributed by atoms with Gasteiger partial charge in [0.25, 0.3) is 0 Å². The minimum atomic E-state index is -0.509. The Morgan fingerprint density at radius 1 is 1.29 bits per heavy atom. The summed E-state index contributed by atoms with van der Waals surface area (Å²) in [5.74, 6) is -0.200. The molecular weight excluding hydrogens is 262 g/mol. The molecule has 2 aliphatic rings. The minimum Gasteiger partial charge on any atom is -0.368 e. The van der Waals surface area contributed by atoms with E-state index >= 15 is 0 Å². The van der Waals surface area contributed by atoms with Crippen molar-refractivity contribution in [1.82, 2.24) is 10.2 Å². The first-order chi connectivity index (χ1) is 9.81. The second kappa shape index (κ2) is 6.66. The summed E-state index contributed by atoms with van der Waals surface area (Å²) < 4.78 is 0. The second-order valence-electron chi connectivity index (χ2n) is 8.08. The molecule has 1 saturated carbocycles. The molecule has 1 heterocycles. The van der Waals surface area contributed by atoms with Crippen LogP contribution >= 0.6 is 0 Å². The van der Waals surface area contributed by atoms with E-state index in [0.29, 0.717) is 11.5 Å². The van der Waals surface area contributed by atoms with Crippen molar-refractivity contribution in [3.05, 3.63) is 0 Å². The van der Waals surface area contributed by atoms with Crippen LogP contribution in [0.5, 0.6) is 0 Å². The van der Waals surface area contributed by atoms with Crippen LogP contribution in [0.25, 0.3) is 0 Å². The third kappa shape index (κ3) is 5.26. The normalized spacial score (nSPS) is 25.5. The SMILES string of the molecule is CC1(C)CCN(CCCCC(C)(NC2CC2)C(N)=O)CC1. The zero-order valence-electron chi connectivity index (χ0n) is 14.1. The number of amides is 1. The van der Waals surface area contributed by atoms with Crippen molar-refractivity contribution in [3.8, 4) is 0 Å². The highest BCUT2D eigenvalue weighted by Crippen LogP contribution is 2.30. The lowest BCUT2D eigenvalue weighted by Crippen LogP contribution is -2.54. The summed E-state index contributed by atoms with van der Waals surface area (Å²) in [6.07, 6.45) is 8.07. The maximum Gasteiger partial charge on any atom is 0.237 e. The molecule has 0 aromatic carbocycles. The second-order valence-corrected chi connectivity index (χ2v) is 8.08. The average molecular weight is 295 g/mol. The molecular formula is C17H33N3O. The van der Waals surface area contributed by atoms with E-state index in [0.717, 1.165) is 25.8 Å². The van der Waals surface area contributed by atoms with Crippen LogP contribution in [0.4, 0.5) is 0 Å². The van der Waals surface area contributed by atoms with Gasteiger partial charge in [0.2, 0.25) is 5.91 Å². The summed E-state index contributed by atoms with van der Waals surface area (Å²) in [6.45, 7) is 10.3. The smallest absolute Gasteiger partial charge is 0.237 e. The molecule has 2 rings (SSSR count). The van der Waals surface area contributed by atoms with Crippen LogP contribution in [0.15, 0.2) is 0 Å². The maximum atomic E-state index is 11.7. The van der Waals surface area contributed by atoms with Crippen LogP contribution in [-0.4, -0.2) is 42.0 Å². The van der Waals surface area contributed by atoms with Gasteiger partial charge in [-0.2, -0.15) is 0 Å². The van der Waals surface area contributed by atoms with E-state index in [1.165, 1.54) is 38.8 Å². The molecule has 0 bridgehead atoms. The number of carbonyl (C=O) groups is 1. The summed E-state index contributed by atoms with van der Waals surface area (Å²) in [4.78, 5) is 14.3. The highest BCUT2D eigenvalue weighted by molar-refractivity contribution is 5.84. The standard InChI is InChI=1S/C17H33N3O/c1-16(2)9-12-20(13-10-16)11-5-4-8-17(3,15(18)21)19-14-6-7-14/h14,19H,4-13H2,1-3H3,(H2,18,21). The number of rotatable bonds is 8. The summed E-state index contributed by atoms with van der Waals surface area (Å²) in [5.41, 5.74) is 5.60. The van der Waals surface area contributed by atoms with Gasteiger partial charge in [-0.05, 0) is 76.9 Å². The average Bonchev–Trinajstić information content (AvgIpc) is 3.20. The fourth-order valence-electron chi connectivity index (χ4n) is 3.14. The molecule has 0 spiro atoms. The van der Waals surface area contributed by atoms with Crippen molar-refractivity contribution >= 4 is 5.91 Å². The Balaban J connectivity index is 1.65. The molecule has 0 aromatic rings. The number of primary amides is 1. The van der Waals surface area contributed by atoms with Gasteiger partial charge in [-0.15, -0.1) is 0 Å². The third-order valence-corrected chi connectivity index (χ3v) is 5.25. The number of likely N-dealkylation sites (tertiary alicyclic amines) is 1. The van der Waals surface area contributed by atoms with Crippen LogP contribution in [-0.2, 0) is 4.79 Å². The fourth-order valence-corrected chi connectivity index (χ4v) is 3.14. The van der Waals surface area contributed by atoms with Crippen LogP contribution in [0.1, 0.15) is 65.7 Å². The van der Waals surface area contributed by atoms with Crippen LogP contribution in [0.3, 0.4) is 0 Å². The number of piperidine rings is 1. The molecule has 1 aliphatic heterocycles. The lowest BCUT2D eigenvalue weighted by molar-refractivity contribution is -0.124. The van der Waals surface area contributed by atoms with E-state index in [4.69, 9.17) is 5.73 Å². The van der Waals surface area contributed by atoms with Gasteiger partial charge >= 0.3 is 0 Å². The van der Waals surface area contributed by atoms with Gasteiger partial charge in [0.15, 0.2) is 0 Å². The highest BCUT2D eigenvalue weighted by atomic mass is 16.1. The molecule has 3 N–H and O–H groups in total. The molecule has 0 aromatic heterocycles. The molecule has 1 saturated heterocycles. The van der Waals surface area contributed by atoms with E-state index in [2.05, 4.69) is 24.1 Å². The highest BCUT2D eigenvalue weighted by Gasteiger charge is 2.36. The summed E-state index contributed by atoms with van der Waals surface area (Å²) in [6, 6.07) is 0.520. The molecule has 1 aliphatic carbocycles. The third-order valence-electron chi connectivity index (χ3n) is 5.25. The first-order valence-corrected chi connectivity index (χ1v) is 8.61. The van der Waals surface area contributed by atoms with E-state index in [9.17, 15) is 4.79 Å². The molecule has 4 heteroatoms. The van der Waals surface area contributed by atoms with E-state index in [-0.39, 0.29) is 5.91 Å². The number of hydrogen-bond acceptors (Lipinski definition) is 3. The number of unbranched alkanes of at least 4 members (excludes halogenated alkanes) is 1. The maximum absolute atomic E-state index is 11.7. The van der Waals surface area contributed by atoms with E-state index in [1.54, 1.807) is 0 Å². The van der Waals surface area contributed by atoms with Gasteiger partial charge in [-0.3, -0.25) is 4.79 Å². The summed E-state index contributed by atoms with van der Waals surface area (Å²) in [5, 5.41) is 3.43. The monoisotopic (exact) mass is 295 g/mol. The number of nitrogens with one attached hydrogen (secondary N) is 1. The topological polar surface area (TPSA) is 58.4 Å². The molecule has 21 heavy (non-hydrogen) atoms. The molecule has 122 valence electrons. The Bertz CT molecular complexity index is 355. The summed E-state index contributed by atoms with van der Waals surface area (Å²) >= 11 is 0. The Morgan fingerprint density at radius 2 is 1.90 bits per heavy atom. The molecule has 1 unspecified atom stereocenters. The fraction of sp³-hybridized carbons (Fsp3) is 0.941. The van der Waals surface area contributed by atoms with E-state index < -0.39 is 5.54 Å².